The van der Waals surface area contributed by atoms with Crippen LogP contribution < -0.4 is 11.1 Å². The molecule has 112 valence electrons. The van der Waals surface area contributed by atoms with Crippen molar-refractivity contribution in [1.29, 1.82) is 0 Å². The highest BCUT2D eigenvalue weighted by Crippen LogP contribution is 2.29. The van der Waals surface area contributed by atoms with Gasteiger partial charge in [-0.1, -0.05) is 21.1 Å². The van der Waals surface area contributed by atoms with Crippen LogP contribution in [0.5, 0.6) is 0 Å². The van der Waals surface area contributed by atoms with Gasteiger partial charge < -0.3 is 16.3 Å². The van der Waals surface area contributed by atoms with E-state index in [9.17, 15) is 13.2 Å². The average Bonchev–Trinajstić information content (AvgIpc) is 2.30. The Kier molecular flexibility index (Phi) is 5.27. The number of anilines is 1. The number of rotatable bonds is 4. The number of nitrogens with two attached hydrogens (primary N) is 1. The molecule has 0 spiro atoms. The van der Waals surface area contributed by atoms with Gasteiger partial charge in [0, 0.05) is 16.7 Å². The summed E-state index contributed by atoms with van der Waals surface area (Å²) >= 11 is 3.31. The smallest absolute Gasteiger partial charge is 0.400 e. The molecule has 20 heavy (non-hydrogen) atoms. The molecule has 0 saturated carbocycles. The van der Waals surface area contributed by atoms with Crippen LogP contribution in [0.1, 0.15) is 11.1 Å². The van der Waals surface area contributed by atoms with Crippen molar-refractivity contribution < 1.29 is 18.4 Å². The Labute approximate surface area is 123 Å². The maximum atomic E-state index is 12.8. The lowest BCUT2D eigenvalue weighted by molar-refractivity contribution is -0.152. The van der Waals surface area contributed by atoms with Gasteiger partial charge in [-0.15, -0.1) is 0 Å². The first kappa shape index (κ1) is 16.6. The van der Waals surface area contributed by atoms with Crippen LogP contribution in [0, 0.1) is 19.8 Å². The molecule has 0 fully saturated rings. The minimum atomic E-state index is -4.58. The van der Waals surface area contributed by atoms with Crippen LogP contribution in [0.3, 0.4) is 0 Å². The van der Waals surface area contributed by atoms with E-state index in [0.717, 1.165) is 15.6 Å². The number of benzene rings is 1. The van der Waals surface area contributed by atoms with E-state index in [1.54, 1.807) is 26.0 Å². The molecule has 8 heteroatoms. The molecule has 0 aromatic heterocycles. The minimum Gasteiger partial charge on any atom is -0.409 e. The lowest BCUT2D eigenvalue weighted by atomic mass is 10.1. The van der Waals surface area contributed by atoms with Gasteiger partial charge in [-0.25, -0.2) is 0 Å². The van der Waals surface area contributed by atoms with E-state index in [0.29, 0.717) is 5.69 Å². The molecule has 1 aromatic rings. The van der Waals surface area contributed by atoms with Gasteiger partial charge in [0.25, 0.3) is 0 Å². The van der Waals surface area contributed by atoms with Crippen LogP contribution in [0.2, 0.25) is 0 Å². The number of nitrogens with one attached hydrogen (secondary N) is 1. The normalized spacial score (nSPS) is 14.2. The number of aryl methyl sites for hydroxylation is 2. The van der Waals surface area contributed by atoms with E-state index < -0.39 is 24.5 Å². The third-order valence-corrected chi connectivity index (χ3v) is 3.31. The first-order valence-corrected chi connectivity index (χ1v) is 6.51. The van der Waals surface area contributed by atoms with Gasteiger partial charge in [0.2, 0.25) is 0 Å². The van der Waals surface area contributed by atoms with E-state index in [2.05, 4.69) is 26.4 Å². The van der Waals surface area contributed by atoms with Crippen LogP contribution >= 0.6 is 15.9 Å². The summed E-state index contributed by atoms with van der Waals surface area (Å²) in [5.74, 6) is -2.91. The van der Waals surface area contributed by atoms with Crippen molar-refractivity contribution in [1.82, 2.24) is 0 Å². The number of nitrogens with zero attached hydrogens (tertiary/aromatic N) is 1. The Bertz CT molecular complexity index is 494. The van der Waals surface area contributed by atoms with Crippen molar-refractivity contribution in [2.75, 3.05) is 11.9 Å². The van der Waals surface area contributed by atoms with Crippen LogP contribution in [-0.2, 0) is 0 Å². The van der Waals surface area contributed by atoms with E-state index in [-0.39, 0.29) is 0 Å². The van der Waals surface area contributed by atoms with Gasteiger partial charge in [0.1, 0.15) is 5.92 Å². The second-order valence-electron chi connectivity index (χ2n) is 4.41. The van der Waals surface area contributed by atoms with Crippen molar-refractivity contribution in [2.24, 2.45) is 16.8 Å². The molecular weight excluding hydrogens is 339 g/mol. The van der Waals surface area contributed by atoms with Gasteiger partial charge in [-0.2, -0.15) is 13.2 Å². The van der Waals surface area contributed by atoms with E-state index in [1.165, 1.54) is 0 Å². The summed E-state index contributed by atoms with van der Waals surface area (Å²) in [7, 11) is 0. The van der Waals surface area contributed by atoms with Crippen molar-refractivity contribution in [2.45, 2.75) is 20.0 Å². The molecule has 0 heterocycles. The zero-order valence-corrected chi connectivity index (χ0v) is 12.5. The number of halogens is 4. The molecule has 0 aliphatic heterocycles. The van der Waals surface area contributed by atoms with Gasteiger partial charge in [-0.05, 0) is 37.1 Å². The molecule has 0 bridgehead atoms. The topological polar surface area (TPSA) is 70.6 Å². The summed E-state index contributed by atoms with van der Waals surface area (Å²) in [6.45, 7) is 3.07. The summed E-state index contributed by atoms with van der Waals surface area (Å²) in [4.78, 5) is 0. The molecule has 0 aliphatic carbocycles. The van der Waals surface area contributed by atoms with Crippen molar-refractivity contribution in [3.05, 3.63) is 27.7 Å². The van der Waals surface area contributed by atoms with Crippen molar-refractivity contribution >= 4 is 27.5 Å². The molecular formula is C12H15BrF3N3O. The van der Waals surface area contributed by atoms with Gasteiger partial charge in [0.15, 0.2) is 5.84 Å². The molecule has 0 saturated heterocycles. The van der Waals surface area contributed by atoms with Gasteiger partial charge in [0.05, 0.1) is 0 Å². The number of amidine groups is 1. The SMILES string of the molecule is Cc1cc(Br)cc(C)c1NCC(/C(N)=N/O)C(F)(F)F. The third-order valence-electron chi connectivity index (χ3n) is 2.85. The predicted octanol–water partition coefficient (Wildman–Crippen LogP) is 3.40. The van der Waals surface area contributed by atoms with Crippen molar-refractivity contribution in [3.63, 3.8) is 0 Å². The summed E-state index contributed by atoms with van der Waals surface area (Å²) in [6, 6.07) is 3.59. The molecule has 0 aliphatic rings. The Morgan fingerprint density at radius 2 is 1.90 bits per heavy atom. The number of oxime groups is 1. The summed E-state index contributed by atoms with van der Waals surface area (Å²) in [5, 5.41) is 13.6. The van der Waals surface area contributed by atoms with Gasteiger partial charge >= 0.3 is 6.18 Å². The Morgan fingerprint density at radius 1 is 1.40 bits per heavy atom. The number of hydrogen-bond acceptors (Lipinski definition) is 3. The average molecular weight is 354 g/mol. The maximum Gasteiger partial charge on any atom is 0.400 e. The molecule has 0 amide bonds. The van der Waals surface area contributed by atoms with Crippen LogP contribution in [0.15, 0.2) is 21.8 Å². The monoisotopic (exact) mass is 353 g/mol. The molecule has 4 nitrogen and oxygen atoms in total. The fraction of sp³-hybridized carbons (Fsp3) is 0.417. The number of alkyl halides is 3. The molecule has 1 aromatic carbocycles. The first-order chi connectivity index (χ1) is 9.16. The Balaban J connectivity index is 2.95. The Hall–Kier alpha value is -1.44. The Morgan fingerprint density at radius 3 is 2.30 bits per heavy atom. The molecule has 4 N–H and O–H groups in total. The first-order valence-electron chi connectivity index (χ1n) is 5.71. The maximum absolute atomic E-state index is 12.8. The van der Waals surface area contributed by atoms with Gasteiger partial charge in [-0.3, -0.25) is 0 Å². The highest BCUT2D eigenvalue weighted by molar-refractivity contribution is 9.10. The number of hydrogen-bond donors (Lipinski definition) is 3. The summed E-state index contributed by atoms with van der Waals surface area (Å²) in [6.07, 6.45) is -4.58. The lowest BCUT2D eigenvalue weighted by Crippen LogP contribution is -2.40. The second-order valence-corrected chi connectivity index (χ2v) is 5.33. The standard InChI is InChI=1S/C12H15BrF3N3O/c1-6-3-8(13)4-7(2)10(6)18-5-9(11(17)19-20)12(14,15)16/h3-4,9,18,20H,5H2,1-2H3,(H2,17,19). The fourth-order valence-electron chi connectivity index (χ4n) is 1.85. The fourth-order valence-corrected chi connectivity index (χ4v) is 2.54. The molecule has 1 rings (SSSR count). The molecule has 1 unspecified atom stereocenters. The second kappa shape index (κ2) is 6.34. The third kappa shape index (κ3) is 4.03. The van der Waals surface area contributed by atoms with Crippen LogP contribution in [0.25, 0.3) is 0 Å². The van der Waals surface area contributed by atoms with E-state index in [1.807, 2.05) is 0 Å². The van der Waals surface area contributed by atoms with E-state index in [4.69, 9.17) is 10.9 Å². The predicted molar refractivity (Wildman–Crippen MR) is 75.1 cm³/mol. The summed E-state index contributed by atoms with van der Waals surface area (Å²) < 4.78 is 39.3. The van der Waals surface area contributed by atoms with Crippen LogP contribution in [-0.4, -0.2) is 23.8 Å². The largest absolute Gasteiger partial charge is 0.409 e. The molecule has 1 atom stereocenters. The van der Waals surface area contributed by atoms with E-state index >= 15 is 0 Å². The molecule has 0 radical (unpaired) electrons. The van der Waals surface area contributed by atoms with Crippen LogP contribution in [0.4, 0.5) is 18.9 Å². The zero-order chi connectivity index (χ0) is 15.5. The van der Waals surface area contributed by atoms with Crippen molar-refractivity contribution in [3.8, 4) is 0 Å². The zero-order valence-electron chi connectivity index (χ0n) is 10.9. The summed E-state index contributed by atoms with van der Waals surface area (Å²) in [5.41, 5.74) is 7.31. The highest BCUT2D eigenvalue weighted by Gasteiger charge is 2.42. The quantitative estimate of drug-likeness (QED) is 0.336. The highest BCUT2D eigenvalue weighted by atomic mass is 79.9. The lowest BCUT2D eigenvalue weighted by Gasteiger charge is -2.21. The minimum absolute atomic E-state index is 0.497.